The van der Waals surface area contributed by atoms with Crippen molar-refractivity contribution in [3.05, 3.63) is 69.3 Å². The Morgan fingerprint density at radius 3 is 2.55 bits per heavy atom. The number of amides is 1. The van der Waals surface area contributed by atoms with Crippen LogP contribution in [0.15, 0.2) is 42.0 Å². The summed E-state index contributed by atoms with van der Waals surface area (Å²) in [5.41, 5.74) is 6.55. The van der Waals surface area contributed by atoms with Crippen LogP contribution in [0, 0.1) is 25.2 Å². The summed E-state index contributed by atoms with van der Waals surface area (Å²) < 4.78 is 0. The molecule has 160 valence electrons. The van der Waals surface area contributed by atoms with Crippen molar-refractivity contribution in [3.8, 4) is 6.07 Å². The van der Waals surface area contributed by atoms with E-state index >= 15 is 0 Å². The highest BCUT2D eigenvalue weighted by Crippen LogP contribution is 2.41. The van der Waals surface area contributed by atoms with E-state index in [1.165, 1.54) is 0 Å². The number of anilines is 2. The highest BCUT2D eigenvalue weighted by atomic mass is 35.5. The van der Waals surface area contributed by atoms with Crippen molar-refractivity contribution < 1.29 is 4.79 Å². The molecule has 1 aliphatic rings. The van der Waals surface area contributed by atoms with Gasteiger partial charge in [0.15, 0.2) is 0 Å². The van der Waals surface area contributed by atoms with Crippen LogP contribution >= 0.6 is 11.6 Å². The van der Waals surface area contributed by atoms with E-state index in [9.17, 15) is 10.1 Å². The normalized spacial score (nSPS) is 15.1. The van der Waals surface area contributed by atoms with Crippen molar-refractivity contribution in [2.45, 2.75) is 47.1 Å². The van der Waals surface area contributed by atoms with Gasteiger partial charge in [-0.05, 0) is 82.5 Å². The molecule has 0 radical (unpaired) electrons. The number of allylic oxidation sites excluding steroid dienone is 1. The number of rotatable bonds is 4. The number of nitriles is 1. The summed E-state index contributed by atoms with van der Waals surface area (Å²) in [5, 5.41) is 13.0. The van der Waals surface area contributed by atoms with Crippen molar-refractivity contribution in [2.24, 2.45) is 0 Å². The number of benzene rings is 2. The Morgan fingerprint density at radius 2 is 1.94 bits per heavy atom. The van der Waals surface area contributed by atoms with Gasteiger partial charge in [-0.15, -0.1) is 0 Å². The summed E-state index contributed by atoms with van der Waals surface area (Å²) in [6.45, 7) is 13.3. The Bertz CT molecular complexity index is 1150. The van der Waals surface area contributed by atoms with Gasteiger partial charge in [0.25, 0.3) is 5.91 Å². The zero-order valence-electron chi connectivity index (χ0n) is 18.9. The van der Waals surface area contributed by atoms with E-state index in [0.717, 1.165) is 34.5 Å². The minimum Gasteiger partial charge on any atom is -0.363 e. The van der Waals surface area contributed by atoms with Gasteiger partial charge in [-0.3, -0.25) is 4.79 Å². The van der Waals surface area contributed by atoms with E-state index < -0.39 is 5.91 Å². The summed E-state index contributed by atoms with van der Waals surface area (Å²) in [6, 6.07) is 11.7. The molecule has 2 aromatic carbocycles. The van der Waals surface area contributed by atoms with Crippen LogP contribution in [0.3, 0.4) is 0 Å². The summed E-state index contributed by atoms with van der Waals surface area (Å²) in [4.78, 5) is 15.1. The molecule has 3 rings (SSSR count). The number of nitrogens with zero attached hydrogens (tertiary/aromatic N) is 2. The van der Waals surface area contributed by atoms with E-state index in [2.05, 4.69) is 44.0 Å². The number of nitrogens with one attached hydrogen (secondary N) is 1. The molecular formula is C26H28ClN3O. The largest absolute Gasteiger partial charge is 0.363 e. The predicted octanol–water partition coefficient (Wildman–Crippen LogP) is 6.52. The molecule has 0 aliphatic carbocycles. The summed E-state index contributed by atoms with van der Waals surface area (Å²) in [5.74, 6) is -0.452. The Hall–Kier alpha value is -3.03. The number of hydrogen-bond acceptors (Lipinski definition) is 3. The topological polar surface area (TPSA) is 56.1 Å². The summed E-state index contributed by atoms with van der Waals surface area (Å²) in [7, 11) is 0. The van der Waals surface area contributed by atoms with Crippen LogP contribution in [-0.2, 0) is 4.79 Å². The van der Waals surface area contributed by atoms with Crippen molar-refractivity contribution in [1.29, 1.82) is 5.26 Å². The summed E-state index contributed by atoms with van der Waals surface area (Å²) >= 11 is 6.60. The molecule has 4 nitrogen and oxygen atoms in total. The molecule has 1 aliphatic heterocycles. The van der Waals surface area contributed by atoms with Crippen LogP contribution in [0.1, 0.15) is 49.9 Å². The lowest BCUT2D eigenvalue weighted by atomic mass is 9.88. The number of fused-ring (bicyclic) bond motifs is 1. The van der Waals surface area contributed by atoms with Crippen molar-refractivity contribution in [3.63, 3.8) is 0 Å². The molecule has 1 amide bonds. The highest BCUT2D eigenvalue weighted by Gasteiger charge is 2.30. The van der Waals surface area contributed by atoms with Crippen LogP contribution in [0.25, 0.3) is 11.6 Å². The molecule has 31 heavy (non-hydrogen) atoms. The standard InChI is InChI=1S/C26H28ClN3O/c1-7-30-24-13-22(27)19(12-21(24)18(4)14-26(30,5)6)11-20(15-28)25(31)29-23-9-8-16(2)10-17(23)3/h8-14H,7H2,1-6H3,(H,29,31)/b20-11+. The van der Waals surface area contributed by atoms with Gasteiger partial charge in [-0.25, -0.2) is 0 Å². The van der Waals surface area contributed by atoms with Crippen molar-refractivity contribution in [1.82, 2.24) is 0 Å². The maximum absolute atomic E-state index is 12.8. The third-order valence-corrected chi connectivity index (χ3v) is 6.03. The van der Waals surface area contributed by atoms with E-state index in [1.54, 1.807) is 6.08 Å². The monoisotopic (exact) mass is 433 g/mol. The number of carbonyl (C=O) groups excluding carboxylic acids is 1. The fraction of sp³-hybridized carbons (Fsp3) is 0.308. The average molecular weight is 434 g/mol. The Morgan fingerprint density at radius 1 is 1.23 bits per heavy atom. The van der Waals surface area contributed by atoms with E-state index in [0.29, 0.717) is 16.3 Å². The molecular weight excluding hydrogens is 406 g/mol. The molecule has 0 saturated carbocycles. The van der Waals surface area contributed by atoms with Crippen LogP contribution in [0.4, 0.5) is 11.4 Å². The van der Waals surface area contributed by atoms with Crippen LogP contribution in [0.2, 0.25) is 5.02 Å². The maximum Gasteiger partial charge on any atom is 0.266 e. The number of halogens is 1. The third-order valence-electron chi connectivity index (χ3n) is 5.71. The summed E-state index contributed by atoms with van der Waals surface area (Å²) in [6.07, 6.45) is 3.79. The lowest BCUT2D eigenvalue weighted by molar-refractivity contribution is -0.112. The van der Waals surface area contributed by atoms with Gasteiger partial charge in [0.2, 0.25) is 0 Å². The Kier molecular flexibility index (Phi) is 6.29. The second-order valence-electron chi connectivity index (χ2n) is 8.56. The first-order valence-corrected chi connectivity index (χ1v) is 10.8. The second-order valence-corrected chi connectivity index (χ2v) is 8.97. The zero-order chi connectivity index (χ0) is 22.9. The van der Waals surface area contributed by atoms with Gasteiger partial charge < -0.3 is 10.2 Å². The smallest absolute Gasteiger partial charge is 0.266 e. The molecule has 0 aromatic heterocycles. The quantitative estimate of drug-likeness (QED) is 0.440. The van der Waals surface area contributed by atoms with Gasteiger partial charge in [0.1, 0.15) is 11.6 Å². The molecule has 1 N–H and O–H groups in total. The lowest BCUT2D eigenvalue weighted by Gasteiger charge is -2.43. The number of aryl methyl sites for hydroxylation is 2. The maximum atomic E-state index is 12.8. The first kappa shape index (κ1) is 22.7. The average Bonchev–Trinajstić information content (AvgIpc) is 2.68. The molecule has 2 aromatic rings. The molecule has 0 atom stereocenters. The van der Waals surface area contributed by atoms with E-state index in [1.807, 2.05) is 50.2 Å². The van der Waals surface area contributed by atoms with Gasteiger partial charge >= 0.3 is 0 Å². The molecule has 0 unspecified atom stereocenters. The van der Waals surface area contributed by atoms with Gasteiger partial charge in [0, 0.05) is 28.5 Å². The molecule has 0 fully saturated rings. The molecule has 1 heterocycles. The van der Waals surface area contributed by atoms with Crippen molar-refractivity contribution in [2.75, 3.05) is 16.8 Å². The number of hydrogen-bond donors (Lipinski definition) is 1. The van der Waals surface area contributed by atoms with Crippen molar-refractivity contribution >= 4 is 40.5 Å². The zero-order valence-corrected chi connectivity index (χ0v) is 19.7. The number of likely N-dealkylation sites (N-methyl/N-ethyl adjacent to an activating group) is 1. The SMILES string of the molecule is CCN1c2cc(Cl)c(/C=C(\C#N)C(=O)Nc3ccc(C)cc3C)cc2C(C)=CC1(C)C. The van der Waals surface area contributed by atoms with Gasteiger partial charge in [-0.1, -0.05) is 35.4 Å². The third kappa shape index (κ3) is 4.52. The van der Waals surface area contributed by atoms with Gasteiger partial charge in [0.05, 0.1) is 5.54 Å². The Labute approximate surface area is 189 Å². The fourth-order valence-electron chi connectivity index (χ4n) is 4.25. The van der Waals surface area contributed by atoms with E-state index in [-0.39, 0.29) is 11.1 Å². The molecule has 0 bridgehead atoms. The predicted molar refractivity (Wildman–Crippen MR) is 130 cm³/mol. The highest BCUT2D eigenvalue weighted by molar-refractivity contribution is 6.32. The molecule has 0 saturated heterocycles. The number of carbonyl (C=O) groups is 1. The molecule has 0 spiro atoms. The van der Waals surface area contributed by atoms with Crippen LogP contribution < -0.4 is 10.2 Å². The Balaban J connectivity index is 1.99. The first-order chi connectivity index (χ1) is 14.6. The first-order valence-electron chi connectivity index (χ1n) is 10.4. The lowest BCUT2D eigenvalue weighted by Crippen LogP contribution is -2.44. The minimum atomic E-state index is -0.452. The minimum absolute atomic E-state index is 0.00643. The van der Waals surface area contributed by atoms with Gasteiger partial charge in [-0.2, -0.15) is 5.26 Å². The molecule has 5 heteroatoms. The fourth-order valence-corrected chi connectivity index (χ4v) is 4.46. The van der Waals surface area contributed by atoms with E-state index in [4.69, 9.17) is 11.6 Å². The second kappa shape index (κ2) is 8.61. The van der Waals surface area contributed by atoms with Crippen LogP contribution in [0.5, 0.6) is 0 Å². The van der Waals surface area contributed by atoms with Crippen LogP contribution in [-0.4, -0.2) is 18.0 Å².